The number of carbonyl (C=O) groups excluding carboxylic acids is 3. The van der Waals surface area contributed by atoms with E-state index in [4.69, 9.17) is 0 Å². The number of aromatic hydroxyl groups is 1. The van der Waals surface area contributed by atoms with Gasteiger partial charge in [-0.25, -0.2) is 0 Å². The number of thioether (sulfide) groups is 1. The molecule has 0 spiro atoms. The molecule has 3 rings (SSSR count). The first kappa shape index (κ1) is 31.7. The van der Waals surface area contributed by atoms with E-state index in [1.807, 2.05) is 75.4 Å². The van der Waals surface area contributed by atoms with Crippen molar-refractivity contribution in [3.63, 3.8) is 0 Å². The van der Waals surface area contributed by atoms with Crippen LogP contribution in [0.1, 0.15) is 46.5 Å². The zero-order valence-corrected chi connectivity index (χ0v) is 24.8. The molecule has 2 unspecified atom stereocenters. The number of nitrogens with one attached hydrogen (secondary N) is 2. The highest BCUT2D eigenvalue weighted by Gasteiger charge is 2.33. The van der Waals surface area contributed by atoms with Gasteiger partial charge in [0.2, 0.25) is 5.91 Å². The van der Waals surface area contributed by atoms with Crippen LogP contribution < -0.4 is 10.6 Å². The van der Waals surface area contributed by atoms with Crippen LogP contribution >= 0.6 is 11.8 Å². The number of carbonyl (C=O) groups is 3. The smallest absolute Gasteiger partial charge is 0.254 e. The summed E-state index contributed by atoms with van der Waals surface area (Å²) in [5.41, 5.74) is 3.47. The van der Waals surface area contributed by atoms with Gasteiger partial charge >= 0.3 is 0 Å². The van der Waals surface area contributed by atoms with Crippen molar-refractivity contribution < 1.29 is 24.6 Å². The minimum atomic E-state index is -1.62. The van der Waals surface area contributed by atoms with E-state index in [9.17, 15) is 24.6 Å². The van der Waals surface area contributed by atoms with Gasteiger partial charge in [0.25, 0.3) is 11.8 Å². The fourth-order valence-electron chi connectivity index (χ4n) is 4.24. The maximum Gasteiger partial charge on any atom is 0.254 e. The Labute approximate surface area is 246 Å². The van der Waals surface area contributed by atoms with Crippen molar-refractivity contribution in [3.8, 4) is 5.75 Å². The third-order valence-corrected chi connectivity index (χ3v) is 7.87. The highest BCUT2D eigenvalue weighted by molar-refractivity contribution is 7.99. The van der Waals surface area contributed by atoms with Crippen molar-refractivity contribution >= 4 is 29.5 Å². The summed E-state index contributed by atoms with van der Waals surface area (Å²) in [6.45, 7) is 7.64. The molecular formula is C32H39N3O5S. The molecule has 9 heteroatoms. The number of nitrogens with zero attached hydrogens (tertiary/aromatic N) is 1. The van der Waals surface area contributed by atoms with E-state index in [0.29, 0.717) is 12.1 Å². The van der Waals surface area contributed by atoms with Crippen LogP contribution in [0.2, 0.25) is 0 Å². The fraction of sp³-hybridized carbons (Fsp3) is 0.344. The van der Waals surface area contributed by atoms with Crippen LogP contribution in [0.15, 0.2) is 72.8 Å². The maximum atomic E-state index is 13.7. The van der Waals surface area contributed by atoms with Gasteiger partial charge in [0.1, 0.15) is 12.3 Å². The molecular weight excluding hydrogens is 538 g/mol. The number of benzene rings is 3. The predicted octanol–water partition coefficient (Wildman–Crippen LogP) is 3.96. The van der Waals surface area contributed by atoms with E-state index < -0.39 is 24.0 Å². The Morgan fingerprint density at radius 1 is 0.927 bits per heavy atom. The average molecular weight is 578 g/mol. The number of amides is 3. The molecule has 0 radical (unpaired) electrons. The summed E-state index contributed by atoms with van der Waals surface area (Å²) < 4.78 is 0. The summed E-state index contributed by atoms with van der Waals surface area (Å²) in [5, 5.41) is 27.3. The van der Waals surface area contributed by atoms with E-state index in [1.165, 1.54) is 22.7 Å². The van der Waals surface area contributed by atoms with Gasteiger partial charge in [0.15, 0.2) is 6.10 Å². The summed E-state index contributed by atoms with van der Waals surface area (Å²) in [4.78, 5) is 41.1. The molecule has 0 saturated heterocycles. The minimum Gasteiger partial charge on any atom is -0.508 e. The second-order valence-electron chi connectivity index (χ2n) is 10.2. The molecule has 0 saturated carbocycles. The number of phenolic OH excluding ortho intramolecular Hbond substituents is 1. The molecule has 218 valence electrons. The number of aryl methyl sites for hydroxylation is 1. The molecule has 3 aromatic carbocycles. The highest BCUT2D eigenvalue weighted by atomic mass is 32.2. The van der Waals surface area contributed by atoms with Crippen LogP contribution in [-0.2, 0) is 22.6 Å². The van der Waals surface area contributed by atoms with Crippen molar-refractivity contribution in [1.29, 1.82) is 0 Å². The highest BCUT2D eigenvalue weighted by Crippen LogP contribution is 2.20. The zero-order valence-electron chi connectivity index (χ0n) is 24.0. The molecule has 41 heavy (non-hydrogen) atoms. The molecule has 2 atom stereocenters. The van der Waals surface area contributed by atoms with Crippen molar-refractivity contribution in [2.75, 3.05) is 12.4 Å². The lowest BCUT2D eigenvalue weighted by atomic mass is 9.99. The second-order valence-corrected chi connectivity index (χ2v) is 11.8. The van der Waals surface area contributed by atoms with E-state index >= 15 is 0 Å². The van der Waals surface area contributed by atoms with Crippen molar-refractivity contribution in [2.24, 2.45) is 0 Å². The average Bonchev–Trinajstić information content (AvgIpc) is 2.95. The molecule has 0 aliphatic rings. The van der Waals surface area contributed by atoms with Gasteiger partial charge in [0.05, 0.1) is 11.9 Å². The molecule has 0 aromatic heterocycles. The maximum absolute atomic E-state index is 13.7. The molecule has 0 bridgehead atoms. The molecule has 0 aliphatic carbocycles. The first-order valence-electron chi connectivity index (χ1n) is 13.6. The van der Waals surface area contributed by atoms with Crippen LogP contribution in [0.5, 0.6) is 5.75 Å². The Morgan fingerprint density at radius 2 is 1.61 bits per heavy atom. The van der Waals surface area contributed by atoms with Crippen LogP contribution in [-0.4, -0.2) is 62.7 Å². The van der Waals surface area contributed by atoms with Gasteiger partial charge in [-0.2, -0.15) is 0 Å². The summed E-state index contributed by atoms with van der Waals surface area (Å²) in [6.07, 6.45) is -1.43. The largest absolute Gasteiger partial charge is 0.508 e. The Balaban J connectivity index is 1.80. The van der Waals surface area contributed by atoms with Crippen LogP contribution in [0.25, 0.3) is 0 Å². The second kappa shape index (κ2) is 15.3. The van der Waals surface area contributed by atoms with Crippen molar-refractivity contribution in [1.82, 2.24) is 15.5 Å². The first-order chi connectivity index (χ1) is 19.6. The van der Waals surface area contributed by atoms with Gasteiger partial charge < -0.3 is 25.7 Å². The minimum absolute atomic E-state index is 0.0255. The molecule has 0 heterocycles. The Hall–Kier alpha value is -3.82. The van der Waals surface area contributed by atoms with Crippen molar-refractivity contribution in [3.05, 3.63) is 101 Å². The topological polar surface area (TPSA) is 119 Å². The number of phenols is 1. The number of hydrogen-bond acceptors (Lipinski definition) is 6. The van der Waals surface area contributed by atoms with Crippen LogP contribution in [0.3, 0.4) is 0 Å². The fourth-order valence-corrected chi connectivity index (χ4v) is 4.94. The lowest BCUT2D eigenvalue weighted by Gasteiger charge is -2.30. The van der Waals surface area contributed by atoms with Gasteiger partial charge in [-0.05, 0) is 49.1 Å². The van der Waals surface area contributed by atoms with Gasteiger partial charge in [-0.3, -0.25) is 14.4 Å². The quantitative estimate of drug-likeness (QED) is 0.229. The van der Waals surface area contributed by atoms with Gasteiger partial charge in [-0.15, -0.1) is 11.8 Å². The molecule has 8 nitrogen and oxygen atoms in total. The summed E-state index contributed by atoms with van der Waals surface area (Å²) in [6, 6.07) is 20.6. The number of rotatable bonds is 13. The summed E-state index contributed by atoms with van der Waals surface area (Å²) in [7, 11) is 0. The summed E-state index contributed by atoms with van der Waals surface area (Å²) >= 11 is 1.47. The molecule has 3 amide bonds. The van der Waals surface area contributed by atoms with E-state index in [-0.39, 0.29) is 41.3 Å². The number of aliphatic hydroxyl groups excluding tert-OH is 1. The Morgan fingerprint density at radius 3 is 2.29 bits per heavy atom. The monoisotopic (exact) mass is 577 g/mol. The lowest BCUT2D eigenvalue weighted by Crippen LogP contribution is -2.54. The van der Waals surface area contributed by atoms with Gasteiger partial charge in [0, 0.05) is 22.9 Å². The molecule has 0 aliphatic heterocycles. The van der Waals surface area contributed by atoms with Gasteiger partial charge in [-0.1, -0.05) is 74.5 Å². The predicted molar refractivity (Wildman–Crippen MR) is 163 cm³/mol. The lowest BCUT2D eigenvalue weighted by molar-refractivity contribution is -0.143. The zero-order chi connectivity index (χ0) is 29.9. The third-order valence-electron chi connectivity index (χ3n) is 6.75. The Bertz CT molecular complexity index is 1330. The third kappa shape index (κ3) is 9.37. The molecule has 4 N–H and O–H groups in total. The first-order valence-corrected chi connectivity index (χ1v) is 14.6. The normalized spacial score (nSPS) is 12.4. The van der Waals surface area contributed by atoms with Crippen LogP contribution in [0, 0.1) is 13.8 Å². The summed E-state index contributed by atoms with van der Waals surface area (Å²) in [5.74, 6) is -1.36. The van der Waals surface area contributed by atoms with E-state index in [0.717, 1.165) is 16.7 Å². The SMILES string of the molecule is Cc1ccccc1CNC(=O)CN(CSC(C)C)C(=O)C(O)C(Cc1ccccc1)NC(=O)c1cccc(O)c1C. The van der Waals surface area contributed by atoms with E-state index in [2.05, 4.69) is 10.6 Å². The number of aliphatic hydroxyl groups is 1. The number of hydrogen-bond donors (Lipinski definition) is 4. The standard InChI is InChI=1S/C32H39N3O5S/c1-21(2)41-20-35(19-29(37)33-18-25-14-9-8-11-22(25)3)32(40)30(38)27(17-24-12-6-5-7-13-24)34-31(39)26-15-10-16-28(36)23(26)4/h5-16,21,27,30,36,38H,17-20H2,1-4H3,(H,33,37)(H,34,39). The van der Waals surface area contributed by atoms with E-state index in [1.54, 1.807) is 19.1 Å². The Kier molecular flexibility index (Phi) is 11.8. The molecule has 3 aromatic rings. The molecule has 0 fully saturated rings. The van der Waals surface area contributed by atoms with Crippen molar-refractivity contribution in [2.45, 2.75) is 58.1 Å². The van der Waals surface area contributed by atoms with Crippen LogP contribution in [0.4, 0.5) is 0 Å².